The Morgan fingerprint density at radius 2 is 2.10 bits per heavy atom. The van der Waals surface area contributed by atoms with Gasteiger partial charge in [-0.2, -0.15) is 0 Å². The Morgan fingerprint density at radius 1 is 1.35 bits per heavy atom. The summed E-state index contributed by atoms with van der Waals surface area (Å²) in [5, 5.41) is 5.96. The van der Waals surface area contributed by atoms with Crippen LogP contribution in [-0.2, 0) is 6.42 Å². The van der Waals surface area contributed by atoms with E-state index in [0.29, 0.717) is 6.04 Å². The highest BCUT2D eigenvalue weighted by molar-refractivity contribution is 7.09. The van der Waals surface area contributed by atoms with Gasteiger partial charge in [-0.05, 0) is 63.4 Å². The lowest BCUT2D eigenvalue weighted by molar-refractivity contribution is 0.0777. The van der Waals surface area contributed by atoms with Crippen LogP contribution in [0.1, 0.15) is 50.8 Å². The molecule has 2 aliphatic rings. The predicted molar refractivity (Wildman–Crippen MR) is 87.4 cm³/mol. The SMILES string of the molecule is CCCNC1CC2CCC(C1)N2C(C)Cc1cccs1. The molecule has 0 amide bonds. The second-order valence-corrected chi connectivity index (χ2v) is 7.62. The molecule has 0 aliphatic carbocycles. The Labute approximate surface area is 127 Å². The molecule has 3 heteroatoms. The van der Waals surface area contributed by atoms with Crippen LogP contribution >= 0.6 is 11.3 Å². The Balaban J connectivity index is 1.59. The molecule has 2 saturated heterocycles. The van der Waals surface area contributed by atoms with Crippen LogP contribution in [0.4, 0.5) is 0 Å². The third kappa shape index (κ3) is 3.10. The Hall–Kier alpha value is -0.380. The zero-order chi connectivity index (χ0) is 13.9. The number of nitrogens with one attached hydrogen (secondary N) is 1. The topological polar surface area (TPSA) is 15.3 Å². The van der Waals surface area contributed by atoms with Crippen molar-refractivity contribution < 1.29 is 0 Å². The van der Waals surface area contributed by atoms with Crippen LogP contribution in [0.3, 0.4) is 0 Å². The maximum absolute atomic E-state index is 3.75. The summed E-state index contributed by atoms with van der Waals surface area (Å²) >= 11 is 1.91. The third-order valence-corrected chi connectivity index (χ3v) is 5.96. The summed E-state index contributed by atoms with van der Waals surface area (Å²) in [6, 6.07) is 7.62. The molecule has 20 heavy (non-hydrogen) atoms. The van der Waals surface area contributed by atoms with Crippen molar-refractivity contribution in [2.45, 2.75) is 76.5 Å². The van der Waals surface area contributed by atoms with E-state index in [-0.39, 0.29) is 0 Å². The maximum atomic E-state index is 3.75. The number of hydrogen-bond acceptors (Lipinski definition) is 3. The first-order chi connectivity index (χ1) is 9.78. The molecule has 2 bridgehead atoms. The van der Waals surface area contributed by atoms with Crippen LogP contribution in [0.25, 0.3) is 0 Å². The van der Waals surface area contributed by atoms with Gasteiger partial charge in [-0.15, -0.1) is 11.3 Å². The molecule has 3 unspecified atom stereocenters. The molecule has 2 aliphatic heterocycles. The van der Waals surface area contributed by atoms with E-state index < -0.39 is 0 Å². The summed E-state index contributed by atoms with van der Waals surface area (Å²) in [5.74, 6) is 0. The minimum absolute atomic E-state index is 0.707. The van der Waals surface area contributed by atoms with Gasteiger partial charge in [0.25, 0.3) is 0 Å². The fourth-order valence-corrected chi connectivity index (χ4v) is 5.10. The molecule has 3 atom stereocenters. The maximum Gasteiger partial charge on any atom is 0.0121 e. The summed E-state index contributed by atoms with van der Waals surface area (Å²) in [4.78, 5) is 4.40. The molecule has 0 aromatic carbocycles. The Morgan fingerprint density at radius 3 is 2.70 bits per heavy atom. The van der Waals surface area contributed by atoms with Crippen molar-refractivity contribution >= 4 is 11.3 Å². The molecule has 1 aromatic heterocycles. The van der Waals surface area contributed by atoms with Gasteiger partial charge in [-0.25, -0.2) is 0 Å². The summed E-state index contributed by atoms with van der Waals surface area (Å²) in [6.45, 7) is 5.89. The van der Waals surface area contributed by atoms with Gasteiger partial charge in [0.1, 0.15) is 0 Å². The number of rotatable bonds is 6. The molecule has 3 rings (SSSR count). The van der Waals surface area contributed by atoms with E-state index >= 15 is 0 Å². The molecule has 112 valence electrons. The van der Waals surface area contributed by atoms with E-state index in [2.05, 4.69) is 41.6 Å². The van der Waals surface area contributed by atoms with Crippen LogP contribution in [-0.4, -0.2) is 35.6 Å². The molecular formula is C17H28N2S. The first-order valence-corrected chi connectivity index (χ1v) is 9.19. The summed E-state index contributed by atoms with van der Waals surface area (Å²) in [5.41, 5.74) is 0. The number of hydrogen-bond donors (Lipinski definition) is 1. The normalized spacial score (nSPS) is 31.6. The molecular weight excluding hydrogens is 264 g/mol. The fraction of sp³-hybridized carbons (Fsp3) is 0.765. The number of piperidine rings is 1. The highest BCUT2D eigenvalue weighted by Crippen LogP contribution is 2.38. The minimum Gasteiger partial charge on any atom is -0.314 e. The van der Waals surface area contributed by atoms with Crippen LogP contribution in [0.15, 0.2) is 17.5 Å². The van der Waals surface area contributed by atoms with Gasteiger partial charge in [0.2, 0.25) is 0 Å². The van der Waals surface area contributed by atoms with Gasteiger partial charge in [-0.1, -0.05) is 13.0 Å². The van der Waals surface area contributed by atoms with Crippen LogP contribution < -0.4 is 5.32 Å². The minimum atomic E-state index is 0.707. The van der Waals surface area contributed by atoms with Crippen molar-refractivity contribution in [2.24, 2.45) is 0 Å². The second-order valence-electron chi connectivity index (χ2n) is 6.59. The van der Waals surface area contributed by atoms with Gasteiger partial charge >= 0.3 is 0 Å². The highest BCUT2D eigenvalue weighted by Gasteiger charge is 2.42. The average molecular weight is 292 g/mol. The van der Waals surface area contributed by atoms with Gasteiger partial charge in [0.15, 0.2) is 0 Å². The number of thiophene rings is 1. The smallest absolute Gasteiger partial charge is 0.0121 e. The van der Waals surface area contributed by atoms with Crippen molar-refractivity contribution in [2.75, 3.05) is 6.54 Å². The zero-order valence-corrected chi connectivity index (χ0v) is 13.7. The molecule has 0 saturated carbocycles. The molecule has 1 aromatic rings. The Bertz CT molecular complexity index is 389. The van der Waals surface area contributed by atoms with E-state index in [9.17, 15) is 0 Å². The van der Waals surface area contributed by atoms with Crippen molar-refractivity contribution in [3.8, 4) is 0 Å². The third-order valence-electron chi connectivity index (χ3n) is 5.06. The largest absolute Gasteiger partial charge is 0.314 e. The van der Waals surface area contributed by atoms with Gasteiger partial charge in [-0.3, -0.25) is 4.90 Å². The van der Waals surface area contributed by atoms with Crippen LogP contribution in [0.2, 0.25) is 0 Å². The molecule has 0 spiro atoms. The van der Waals surface area contributed by atoms with Crippen molar-refractivity contribution in [3.63, 3.8) is 0 Å². The fourth-order valence-electron chi connectivity index (χ4n) is 4.27. The average Bonchev–Trinajstić information content (AvgIpc) is 3.03. The lowest BCUT2D eigenvalue weighted by atomic mass is 9.94. The summed E-state index contributed by atoms with van der Waals surface area (Å²) < 4.78 is 0. The summed E-state index contributed by atoms with van der Waals surface area (Å²) in [6.07, 6.45) is 8.06. The molecule has 2 nitrogen and oxygen atoms in total. The van der Waals surface area contributed by atoms with Crippen molar-refractivity contribution in [1.82, 2.24) is 10.2 Å². The highest BCUT2D eigenvalue weighted by atomic mass is 32.1. The monoisotopic (exact) mass is 292 g/mol. The molecule has 0 radical (unpaired) electrons. The molecule has 1 N–H and O–H groups in total. The second kappa shape index (κ2) is 6.59. The van der Waals surface area contributed by atoms with Gasteiger partial charge in [0.05, 0.1) is 0 Å². The van der Waals surface area contributed by atoms with E-state index in [1.165, 1.54) is 45.1 Å². The molecule has 3 heterocycles. The first-order valence-electron chi connectivity index (χ1n) is 8.31. The lowest BCUT2D eigenvalue weighted by Crippen LogP contribution is -2.52. The van der Waals surface area contributed by atoms with Crippen molar-refractivity contribution in [1.29, 1.82) is 0 Å². The molecule has 2 fully saturated rings. The van der Waals surface area contributed by atoms with E-state index in [1.54, 1.807) is 4.88 Å². The van der Waals surface area contributed by atoms with E-state index in [1.807, 2.05) is 11.3 Å². The summed E-state index contributed by atoms with van der Waals surface area (Å²) in [7, 11) is 0. The van der Waals surface area contributed by atoms with Gasteiger partial charge < -0.3 is 5.32 Å². The quantitative estimate of drug-likeness (QED) is 0.860. The zero-order valence-electron chi connectivity index (χ0n) is 12.8. The van der Waals surface area contributed by atoms with E-state index in [4.69, 9.17) is 0 Å². The van der Waals surface area contributed by atoms with E-state index in [0.717, 1.165) is 18.1 Å². The van der Waals surface area contributed by atoms with Gasteiger partial charge in [0, 0.05) is 29.0 Å². The number of fused-ring (bicyclic) bond motifs is 2. The first kappa shape index (κ1) is 14.6. The van der Waals surface area contributed by atoms with Crippen LogP contribution in [0, 0.1) is 0 Å². The predicted octanol–water partition coefficient (Wildman–Crippen LogP) is 3.67. The van der Waals surface area contributed by atoms with Crippen molar-refractivity contribution in [3.05, 3.63) is 22.4 Å². The standard InChI is InChI=1S/C17H28N2S/c1-3-8-18-14-11-15-6-7-16(12-14)19(15)13(2)10-17-5-4-9-20-17/h4-5,9,13-16,18H,3,6-8,10-12H2,1-2H3. The number of nitrogens with zero attached hydrogens (tertiary/aromatic N) is 1. The van der Waals surface area contributed by atoms with Crippen LogP contribution in [0.5, 0.6) is 0 Å². The lowest BCUT2D eigenvalue weighted by Gasteiger charge is -2.42. The Kier molecular flexibility index (Phi) is 4.79.